The van der Waals surface area contributed by atoms with Gasteiger partial charge in [-0.15, -0.1) is 12.4 Å². The highest BCUT2D eigenvalue weighted by atomic mass is 79.9. The van der Waals surface area contributed by atoms with Crippen LogP contribution < -0.4 is 4.90 Å². The zero-order chi connectivity index (χ0) is 12.1. The van der Waals surface area contributed by atoms with Gasteiger partial charge in [-0.05, 0) is 31.2 Å². The SMILES string of the molecule is Cl.Clc1cccc(N2CCN(CCCBr)CC2)c1. The third kappa shape index (κ3) is 4.61. The second kappa shape index (κ2) is 8.26. The van der Waals surface area contributed by atoms with Crippen molar-refractivity contribution in [1.29, 1.82) is 0 Å². The molecule has 0 bridgehead atoms. The molecular weight excluding hydrogens is 335 g/mol. The molecule has 2 rings (SSSR count). The van der Waals surface area contributed by atoms with Gasteiger partial charge in [0.1, 0.15) is 0 Å². The summed E-state index contributed by atoms with van der Waals surface area (Å²) in [6, 6.07) is 8.14. The van der Waals surface area contributed by atoms with Crippen LogP contribution in [0.3, 0.4) is 0 Å². The van der Waals surface area contributed by atoms with Gasteiger partial charge >= 0.3 is 0 Å². The maximum atomic E-state index is 6.02. The topological polar surface area (TPSA) is 6.48 Å². The summed E-state index contributed by atoms with van der Waals surface area (Å²) in [6.07, 6.45) is 1.23. The molecule has 1 aliphatic heterocycles. The number of nitrogens with zero attached hydrogens (tertiary/aromatic N) is 2. The molecule has 5 heteroatoms. The number of hydrogen-bond acceptors (Lipinski definition) is 2. The van der Waals surface area contributed by atoms with Crippen molar-refractivity contribution < 1.29 is 0 Å². The summed E-state index contributed by atoms with van der Waals surface area (Å²) in [5, 5.41) is 1.92. The molecule has 0 saturated carbocycles. The van der Waals surface area contributed by atoms with Crippen LogP contribution >= 0.6 is 39.9 Å². The molecule has 0 spiro atoms. The Morgan fingerprint density at radius 2 is 1.89 bits per heavy atom. The minimum absolute atomic E-state index is 0. The molecule has 1 aromatic carbocycles. The number of alkyl halides is 1. The second-order valence-electron chi connectivity index (χ2n) is 4.35. The molecule has 1 aliphatic rings. The lowest BCUT2D eigenvalue weighted by molar-refractivity contribution is 0.259. The van der Waals surface area contributed by atoms with Gasteiger partial charge < -0.3 is 4.90 Å². The van der Waals surface area contributed by atoms with E-state index in [1.165, 1.54) is 18.7 Å². The summed E-state index contributed by atoms with van der Waals surface area (Å²) < 4.78 is 0. The molecule has 1 saturated heterocycles. The molecule has 102 valence electrons. The predicted molar refractivity (Wildman–Crippen MR) is 85.8 cm³/mol. The van der Waals surface area contributed by atoms with Crippen LogP contribution in [0.15, 0.2) is 24.3 Å². The lowest BCUT2D eigenvalue weighted by Gasteiger charge is -2.36. The first-order chi connectivity index (χ1) is 8.29. The Morgan fingerprint density at radius 3 is 2.50 bits per heavy atom. The molecule has 18 heavy (non-hydrogen) atoms. The fourth-order valence-electron chi connectivity index (χ4n) is 2.19. The number of halogens is 3. The molecule has 0 aromatic heterocycles. The first kappa shape index (κ1) is 16.1. The molecular formula is C13H19BrCl2N2. The largest absolute Gasteiger partial charge is 0.369 e. The van der Waals surface area contributed by atoms with Crippen molar-refractivity contribution in [2.24, 2.45) is 0 Å². The average molecular weight is 354 g/mol. The Balaban J connectivity index is 0.00000162. The van der Waals surface area contributed by atoms with Gasteiger partial charge in [0.25, 0.3) is 0 Å². The van der Waals surface area contributed by atoms with Gasteiger partial charge in [0.15, 0.2) is 0 Å². The fourth-order valence-corrected chi connectivity index (χ4v) is 2.62. The Kier molecular flexibility index (Phi) is 7.38. The van der Waals surface area contributed by atoms with Crippen LogP contribution in [-0.2, 0) is 0 Å². The molecule has 1 heterocycles. The van der Waals surface area contributed by atoms with Crippen LogP contribution in [0.2, 0.25) is 5.02 Å². The third-order valence-corrected chi connectivity index (χ3v) is 3.95. The molecule has 0 amide bonds. The number of anilines is 1. The smallest absolute Gasteiger partial charge is 0.0426 e. The molecule has 0 aliphatic carbocycles. The normalized spacial score (nSPS) is 16.4. The summed E-state index contributed by atoms with van der Waals surface area (Å²) in [4.78, 5) is 4.94. The molecule has 1 fully saturated rings. The maximum absolute atomic E-state index is 6.02. The maximum Gasteiger partial charge on any atom is 0.0426 e. The highest BCUT2D eigenvalue weighted by Gasteiger charge is 2.16. The minimum Gasteiger partial charge on any atom is -0.369 e. The van der Waals surface area contributed by atoms with Crippen molar-refractivity contribution in [2.75, 3.05) is 43.0 Å². The van der Waals surface area contributed by atoms with Crippen LogP contribution in [0, 0.1) is 0 Å². The van der Waals surface area contributed by atoms with E-state index in [0.717, 1.165) is 36.5 Å². The first-order valence-electron chi connectivity index (χ1n) is 6.08. The lowest BCUT2D eigenvalue weighted by Crippen LogP contribution is -2.46. The fraction of sp³-hybridized carbons (Fsp3) is 0.538. The molecule has 0 N–H and O–H groups in total. The second-order valence-corrected chi connectivity index (χ2v) is 5.58. The van der Waals surface area contributed by atoms with Crippen LogP contribution in [0.4, 0.5) is 5.69 Å². The molecule has 0 atom stereocenters. The van der Waals surface area contributed by atoms with E-state index in [2.05, 4.69) is 37.9 Å². The van der Waals surface area contributed by atoms with Crippen LogP contribution in [0.1, 0.15) is 6.42 Å². The summed E-state index contributed by atoms with van der Waals surface area (Å²) in [7, 11) is 0. The van der Waals surface area contributed by atoms with Crippen molar-refractivity contribution >= 4 is 45.6 Å². The Bertz CT molecular complexity index is 355. The van der Waals surface area contributed by atoms with E-state index in [4.69, 9.17) is 11.6 Å². The van der Waals surface area contributed by atoms with Gasteiger partial charge in [-0.3, -0.25) is 4.90 Å². The molecule has 0 radical (unpaired) electrons. The van der Waals surface area contributed by atoms with Gasteiger partial charge in [0.05, 0.1) is 0 Å². The van der Waals surface area contributed by atoms with E-state index < -0.39 is 0 Å². The van der Waals surface area contributed by atoms with E-state index in [9.17, 15) is 0 Å². The van der Waals surface area contributed by atoms with E-state index in [1.54, 1.807) is 0 Å². The van der Waals surface area contributed by atoms with Gasteiger partial charge in [-0.25, -0.2) is 0 Å². The summed E-state index contributed by atoms with van der Waals surface area (Å²) in [5.41, 5.74) is 1.25. The van der Waals surface area contributed by atoms with Crippen molar-refractivity contribution in [2.45, 2.75) is 6.42 Å². The summed E-state index contributed by atoms with van der Waals surface area (Å²) >= 11 is 9.50. The third-order valence-electron chi connectivity index (χ3n) is 3.15. The molecule has 2 nitrogen and oxygen atoms in total. The zero-order valence-electron chi connectivity index (χ0n) is 10.3. The average Bonchev–Trinajstić information content (AvgIpc) is 2.37. The van der Waals surface area contributed by atoms with E-state index in [-0.39, 0.29) is 12.4 Å². The summed E-state index contributed by atoms with van der Waals surface area (Å²) in [6.45, 7) is 5.71. The van der Waals surface area contributed by atoms with Crippen LogP contribution in [0.25, 0.3) is 0 Å². The predicted octanol–water partition coefficient (Wildman–Crippen LogP) is 3.67. The first-order valence-corrected chi connectivity index (χ1v) is 7.58. The molecule has 0 unspecified atom stereocenters. The quantitative estimate of drug-likeness (QED) is 0.762. The van der Waals surface area contributed by atoms with Gasteiger partial charge in [0.2, 0.25) is 0 Å². The number of hydrogen-bond donors (Lipinski definition) is 0. The van der Waals surface area contributed by atoms with Crippen molar-refractivity contribution in [3.05, 3.63) is 29.3 Å². The number of piperazine rings is 1. The van der Waals surface area contributed by atoms with Gasteiger partial charge in [0, 0.05) is 42.2 Å². The van der Waals surface area contributed by atoms with Gasteiger partial charge in [-0.2, -0.15) is 0 Å². The van der Waals surface area contributed by atoms with Crippen molar-refractivity contribution in [1.82, 2.24) is 4.90 Å². The van der Waals surface area contributed by atoms with Crippen LogP contribution in [-0.4, -0.2) is 43.0 Å². The monoisotopic (exact) mass is 352 g/mol. The lowest BCUT2D eigenvalue weighted by atomic mass is 10.2. The standard InChI is InChI=1S/C13H18BrClN2.ClH/c14-5-2-6-16-7-9-17(10-8-16)13-4-1-3-12(15)11-13;/h1,3-4,11H,2,5-10H2;1H. The highest BCUT2D eigenvalue weighted by Crippen LogP contribution is 2.20. The van der Waals surface area contributed by atoms with Crippen molar-refractivity contribution in [3.63, 3.8) is 0 Å². The van der Waals surface area contributed by atoms with E-state index in [0.29, 0.717) is 0 Å². The Hall–Kier alpha value is 0.0400. The van der Waals surface area contributed by atoms with Crippen molar-refractivity contribution in [3.8, 4) is 0 Å². The van der Waals surface area contributed by atoms with Crippen LogP contribution in [0.5, 0.6) is 0 Å². The Morgan fingerprint density at radius 1 is 1.17 bits per heavy atom. The number of rotatable bonds is 4. The zero-order valence-corrected chi connectivity index (χ0v) is 13.5. The van der Waals surface area contributed by atoms with E-state index in [1.807, 2.05) is 12.1 Å². The Labute approximate surface area is 129 Å². The van der Waals surface area contributed by atoms with E-state index >= 15 is 0 Å². The molecule has 1 aromatic rings. The van der Waals surface area contributed by atoms with Gasteiger partial charge in [-0.1, -0.05) is 33.6 Å². The highest BCUT2D eigenvalue weighted by molar-refractivity contribution is 9.09. The summed E-state index contributed by atoms with van der Waals surface area (Å²) in [5.74, 6) is 0. The number of benzene rings is 1. The minimum atomic E-state index is 0.